The lowest BCUT2D eigenvalue weighted by atomic mass is 9.81. The van der Waals surface area contributed by atoms with Crippen LogP contribution in [0.15, 0.2) is 158 Å². The second-order valence-electron chi connectivity index (χ2n) is 18.0. The van der Waals surface area contributed by atoms with Crippen LogP contribution in [-0.2, 0) is 10.8 Å². The first-order valence-corrected chi connectivity index (χ1v) is 21.1. The summed E-state index contributed by atoms with van der Waals surface area (Å²) in [6.07, 6.45) is 6.70. The maximum atomic E-state index is 2.54. The van der Waals surface area contributed by atoms with Gasteiger partial charge in [-0.15, -0.1) is 0 Å². The molecule has 0 atom stereocenters. The molecule has 0 bridgehead atoms. The van der Waals surface area contributed by atoms with Crippen molar-refractivity contribution in [3.8, 4) is 33.4 Å². The molecular weight excluding hydrogens is 687 g/mol. The van der Waals surface area contributed by atoms with Crippen molar-refractivity contribution < 1.29 is 0 Å². The van der Waals surface area contributed by atoms with Gasteiger partial charge in [-0.2, -0.15) is 0 Å². The van der Waals surface area contributed by atoms with E-state index in [1.165, 1.54) is 132 Å². The van der Waals surface area contributed by atoms with Crippen molar-refractivity contribution >= 4 is 38.6 Å². The summed E-state index contributed by atoms with van der Waals surface area (Å²) in [6, 6.07) is 60.5. The molecule has 0 aromatic heterocycles. The van der Waals surface area contributed by atoms with E-state index in [4.69, 9.17) is 0 Å². The Hall–Kier alpha value is -5.92. The first-order chi connectivity index (χ1) is 27.8. The Labute approximate surface area is 337 Å². The highest BCUT2D eigenvalue weighted by Crippen LogP contribution is 2.53. The van der Waals surface area contributed by atoms with Gasteiger partial charge in [-0.1, -0.05) is 162 Å². The SMILES string of the molecule is CC1(C)c2ccccc2-c2ccc(-c3cc4ccccc4cc3N(c3ccc4c(c3)C(C)(C)c3ccccc3-4)c3ccc4cc(C5CCCCC5)ccc4c3)cc21. The number of nitrogens with zero attached hydrogens (tertiary/aromatic N) is 1. The topological polar surface area (TPSA) is 3.24 Å². The number of rotatable bonds is 5. The van der Waals surface area contributed by atoms with Gasteiger partial charge in [0.1, 0.15) is 0 Å². The predicted octanol–water partition coefficient (Wildman–Crippen LogP) is 15.8. The molecule has 0 spiro atoms. The summed E-state index contributed by atoms with van der Waals surface area (Å²) in [4.78, 5) is 2.54. The van der Waals surface area contributed by atoms with Crippen molar-refractivity contribution in [2.45, 2.75) is 76.5 Å². The van der Waals surface area contributed by atoms with Gasteiger partial charge in [0.15, 0.2) is 0 Å². The van der Waals surface area contributed by atoms with Crippen LogP contribution in [-0.4, -0.2) is 0 Å². The lowest BCUT2D eigenvalue weighted by Crippen LogP contribution is -2.17. The monoisotopic (exact) mass is 735 g/mol. The molecule has 8 aromatic carbocycles. The van der Waals surface area contributed by atoms with Crippen molar-refractivity contribution in [3.05, 3.63) is 186 Å². The normalized spacial score (nSPS) is 16.3. The maximum Gasteiger partial charge on any atom is 0.0546 e. The van der Waals surface area contributed by atoms with Crippen molar-refractivity contribution in [2.24, 2.45) is 0 Å². The second kappa shape index (κ2) is 12.8. The van der Waals surface area contributed by atoms with E-state index < -0.39 is 0 Å². The van der Waals surface area contributed by atoms with Crippen LogP contribution in [0.3, 0.4) is 0 Å². The number of benzene rings is 8. The Bertz CT molecular complexity index is 2900. The average Bonchev–Trinajstić information content (AvgIpc) is 3.62. The summed E-state index contributed by atoms with van der Waals surface area (Å²) in [5, 5.41) is 5.09. The number of anilines is 3. The van der Waals surface area contributed by atoms with Gasteiger partial charge in [0.2, 0.25) is 0 Å². The van der Waals surface area contributed by atoms with Crippen molar-refractivity contribution in [1.82, 2.24) is 0 Å². The fraction of sp³-hybridized carbons (Fsp3) is 0.214. The molecule has 0 saturated heterocycles. The van der Waals surface area contributed by atoms with Gasteiger partial charge >= 0.3 is 0 Å². The van der Waals surface area contributed by atoms with Crippen molar-refractivity contribution in [1.29, 1.82) is 0 Å². The van der Waals surface area contributed by atoms with Gasteiger partial charge in [0.05, 0.1) is 5.69 Å². The first-order valence-electron chi connectivity index (χ1n) is 21.1. The van der Waals surface area contributed by atoms with E-state index in [9.17, 15) is 0 Å². The van der Waals surface area contributed by atoms with E-state index in [2.05, 4.69) is 190 Å². The van der Waals surface area contributed by atoms with Gasteiger partial charge in [-0.05, 0) is 138 Å². The molecule has 0 heterocycles. The smallest absolute Gasteiger partial charge is 0.0546 e. The van der Waals surface area contributed by atoms with Crippen LogP contribution in [0, 0.1) is 0 Å². The molecule has 57 heavy (non-hydrogen) atoms. The van der Waals surface area contributed by atoms with E-state index in [1.807, 2.05) is 0 Å². The number of fused-ring (bicyclic) bond motifs is 8. The molecule has 278 valence electrons. The molecule has 0 radical (unpaired) electrons. The molecule has 1 fully saturated rings. The summed E-state index contributed by atoms with van der Waals surface area (Å²) in [6.45, 7) is 9.54. The Kier molecular flexibility index (Phi) is 7.71. The van der Waals surface area contributed by atoms with Gasteiger partial charge in [0, 0.05) is 27.8 Å². The van der Waals surface area contributed by atoms with Gasteiger partial charge < -0.3 is 4.90 Å². The Morgan fingerprint density at radius 1 is 0.404 bits per heavy atom. The minimum Gasteiger partial charge on any atom is -0.310 e. The summed E-state index contributed by atoms with van der Waals surface area (Å²) in [5.74, 6) is 0.684. The van der Waals surface area contributed by atoms with Crippen LogP contribution in [0.2, 0.25) is 0 Å². The molecular formula is C56H49N. The highest BCUT2D eigenvalue weighted by molar-refractivity contribution is 6.01. The third-order valence-electron chi connectivity index (χ3n) is 14.0. The average molecular weight is 736 g/mol. The van der Waals surface area contributed by atoms with Crippen LogP contribution in [0.1, 0.15) is 93.5 Å². The zero-order chi connectivity index (χ0) is 38.5. The van der Waals surface area contributed by atoms with E-state index in [0.717, 1.165) is 0 Å². The molecule has 3 aliphatic rings. The summed E-state index contributed by atoms with van der Waals surface area (Å²) in [7, 11) is 0. The summed E-state index contributed by atoms with van der Waals surface area (Å²) in [5.41, 5.74) is 18.3. The highest BCUT2D eigenvalue weighted by atomic mass is 15.1. The van der Waals surface area contributed by atoms with Gasteiger partial charge in [-0.3, -0.25) is 0 Å². The number of hydrogen-bond donors (Lipinski definition) is 0. The van der Waals surface area contributed by atoms with E-state index in [0.29, 0.717) is 5.92 Å². The fourth-order valence-corrected chi connectivity index (χ4v) is 10.9. The third kappa shape index (κ3) is 5.35. The predicted molar refractivity (Wildman–Crippen MR) is 243 cm³/mol. The van der Waals surface area contributed by atoms with Crippen LogP contribution in [0.5, 0.6) is 0 Å². The largest absolute Gasteiger partial charge is 0.310 e. The third-order valence-corrected chi connectivity index (χ3v) is 14.0. The van der Waals surface area contributed by atoms with Crippen LogP contribution >= 0.6 is 0 Å². The Morgan fingerprint density at radius 3 is 1.65 bits per heavy atom. The molecule has 1 heteroatoms. The van der Waals surface area contributed by atoms with Crippen LogP contribution in [0.4, 0.5) is 17.1 Å². The number of hydrogen-bond acceptors (Lipinski definition) is 1. The first kappa shape index (κ1) is 34.3. The molecule has 8 aromatic rings. The molecule has 3 aliphatic carbocycles. The van der Waals surface area contributed by atoms with E-state index in [1.54, 1.807) is 0 Å². The zero-order valence-corrected chi connectivity index (χ0v) is 33.6. The standard InChI is InChI=1S/C56H49N/c1-55(2)50-20-12-10-18-45(50)47-28-25-42(33-52(47)55)49-32-37-16-8-9-17-38(37)34-54(49)57(44-27-29-48-46-19-11-13-21-51(46)56(3,4)53(48)35-44)43-26-24-40-30-39(22-23-41(40)31-43)36-14-6-5-7-15-36/h8-13,16-36H,5-7,14-15H2,1-4H3. The van der Waals surface area contributed by atoms with Crippen LogP contribution < -0.4 is 4.90 Å². The Morgan fingerprint density at radius 2 is 0.930 bits per heavy atom. The van der Waals surface area contributed by atoms with E-state index in [-0.39, 0.29) is 10.8 Å². The molecule has 0 unspecified atom stereocenters. The highest BCUT2D eigenvalue weighted by Gasteiger charge is 2.37. The summed E-state index contributed by atoms with van der Waals surface area (Å²) >= 11 is 0. The second-order valence-corrected chi connectivity index (χ2v) is 18.0. The van der Waals surface area contributed by atoms with Gasteiger partial charge in [0.25, 0.3) is 0 Å². The van der Waals surface area contributed by atoms with Crippen LogP contribution in [0.25, 0.3) is 54.9 Å². The molecule has 11 rings (SSSR count). The quantitative estimate of drug-likeness (QED) is 0.170. The van der Waals surface area contributed by atoms with Crippen molar-refractivity contribution in [3.63, 3.8) is 0 Å². The minimum absolute atomic E-state index is 0.0893. The summed E-state index contributed by atoms with van der Waals surface area (Å²) < 4.78 is 0. The maximum absolute atomic E-state index is 2.54. The van der Waals surface area contributed by atoms with E-state index >= 15 is 0 Å². The lowest BCUT2D eigenvalue weighted by Gasteiger charge is -2.31. The fourth-order valence-electron chi connectivity index (χ4n) is 10.9. The van der Waals surface area contributed by atoms with Gasteiger partial charge in [-0.25, -0.2) is 0 Å². The zero-order valence-electron chi connectivity index (χ0n) is 33.6. The Balaban J connectivity index is 1.13. The molecule has 1 nitrogen and oxygen atoms in total. The van der Waals surface area contributed by atoms with Crippen molar-refractivity contribution in [2.75, 3.05) is 4.90 Å². The minimum atomic E-state index is -0.112. The molecule has 0 aliphatic heterocycles. The molecule has 1 saturated carbocycles. The molecule has 0 amide bonds. The molecule has 0 N–H and O–H groups in total. The lowest BCUT2D eigenvalue weighted by molar-refractivity contribution is 0.444.